The van der Waals surface area contributed by atoms with Crippen molar-refractivity contribution in [2.24, 2.45) is 0 Å². The van der Waals surface area contributed by atoms with Crippen molar-refractivity contribution in [1.29, 1.82) is 0 Å². The molecule has 0 aliphatic heterocycles. The highest BCUT2D eigenvalue weighted by Crippen LogP contribution is 2.19. The lowest BCUT2D eigenvalue weighted by atomic mass is 10.2. The zero-order valence-electron chi connectivity index (χ0n) is 13.2. The van der Waals surface area contributed by atoms with Crippen molar-refractivity contribution in [3.63, 3.8) is 0 Å². The SMILES string of the molecule is Cc1nnc(SCC(=O)Nc2ccncc2)n1Cc1ccccc1. The smallest absolute Gasteiger partial charge is 0.234 e. The molecule has 1 N–H and O–H groups in total. The summed E-state index contributed by atoms with van der Waals surface area (Å²) in [5.74, 6) is 1.02. The molecule has 1 amide bonds. The van der Waals surface area contributed by atoms with Gasteiger partial charge in [0.25, 0.3) is 0 Å². The quantitative estimate of drug-likeness (QED) is 0.699. The van der Waals surface area contributed by atoms with Gasteiger partial charge in [0, 0.05) is 18.1 Å². The first kappa shape index (κ1) is 16.2. The van der Waals surface area contributed by atoms with Gasteiger partial charge in [-0.05, 0) is 24.6 Å². The number of carbonyl (C=O) groups excluding carboxylic acids is 1. The molecule has 7 heteroatoms. The largest absolute Gasteiger partial charge is 0.325 e. The second-order valence-electron chi connectivity index (χ2n) is 5.17. The molecule has 0 radical (unpaired) electrons. The fourth-order valence-electron chi connectivity index (χ4n) is 2.18. The molecule has 3 aromatic rings. The lowest BCUT2D eigenvalue weighted by Gasteiger charge is -2.08. The van der Waals surface area contributed by atoms with Crippen molar-refractivity contribution < 1.29 is 4.79 Å². The minimum atomic E-state index is -0.0851. The molecule has 1 aromatic carbocycles. The second-order valence-corrected chi connectivity index (χ2v) is 6.12. The summed E-state index contributed by atoms with van der Waals surface area (Å²) in [5, 5.41) is 11.9. The number of aryl methyl sites for hydroxylation is 1. The second kappa shape index (κ2) is 7.74. The van der Waals surface area contributed by atoms with Gasteiger partial charge in [-0.3, -0.25) is 9.78 Å². The van der Waals surface area contributed by atoms with Gasteiger partial charge >= 0.3 is 0 Å². The summed E-state index contributed by atoms with van der Waals surface area (Å²) >= 11 is 1.38. The lowest BCUT2D eigenvalue weighted by molar-refractivity contribution is -0.113. The van der Waals surface area contributed by atoms with Crippen LogP contribution in [-0.2, 0) is 11.3 Å². The Bertz CT molecular complexity index is 804. The van der Waals surface area contributed by atoms with Crippen LogP contribution in [0.3, 0.4) is 0 Å². The molecule has 0 fully saturated rings. The molecule has 0 saturated heterocycles. The van der Waals surface area contributed by atoms with E-state index < -0.39 is 0 Å². The number of hydrogen-bond acceptors (Lipinski definition) is 5. The number of carbonyl (C=O) groups is 1. The number of pyridine rings is 1. The maximum atomic E-state index is 12.1. The van der Waals surface area contributed by atoms with Gasteiger partial charge in [0.15, 0.2) is 5.16 Å². The Kier molecular flexibility index (Phi) is 5.22. The van der Waals surface area contributed by atoms with Gasteiger partial charge in [0.1, 0.15) is 5.82 Å². The Morgan fingerprint density at radius 2 is 1.88 bits per heavy atom. The van der Waals surface area contributed by atoms with E-state index in [9.17, 15) is 4.79 Å². The fraction of sp³-hybridized carbons (Fsp3) is 0.176. The third kappa shape index (κ3) is 4.20. The van der Waals surface area contributed by atoms with Crippen LogP contribution >= 0.6 is 11.8 Å². The van der Waals surface area contributed by atoms with Crippen molar-refractivity contribution in [3.05, 3.63) is 66.2 Å². The molecule has 0 spiro atoms. The van der Waals surface area contributed by atoms with Gasteiger partial charge < -0.3 is 9.88 Å². The number of nitrogens with zero attached hydrogens (tertiary/aromatic N) is 4. The van der Waals surface area contributed by atoms with E-state index in [4.69, 9.17) is 0 Å². The molecule has 3 rings (SSSR count). The first-order valence-corrected chi connectivity index (χ1v) is 8.47. The van der Waals surface area contributed by atoms with Crippen LogP contribution in [0.4, 0.5) is 5.69 Å². The Morgan fingerprint density at radius 3 is 2.62 bits per heavy atom. The van der Waals surface area contributed by atoms with Crippen LogP contribution in [-0.4, -0.2) is 31.4 Å². The van der Waals surface area contributed by atoms with E-state index in [1.807, 2.05) is 29.7 Å². The molecule has 2 heterocycles. The molecule has 0 aliphatic rings. The highest BCUT2D eigenvalue weighted by molar-refractivity contribution is 7.99. The number of thioether (sulfide) groups is 1. The molecule has 0 unspecified atom stereocenters. The molecule has 0 bridgehead atoms. The zero-order chi connectivity index (χ0) is 16.8. The summed E-state index contributed by atoms with van der Waals surface area (Å²) in [4.78, 5) is 16.0. The summed E-state index contributed by atoms with van der Waals surface area (Å²) in [5.41, 5.74) is 1.90. The average molecular weight is 339 g/mol. The van der Waals surface area contributed by atoms with Crippen LogP contribution in [0.5, 0.6) is 0 Å². The van der Waals surface area contributed by atoms with Crippen LogP contribution < -0.4 is 5.32 Å². The van der Waals surface area contributed by atoms with Gasteiger partial charge in [-0.2, -0.15) is 0 Å². The first-order valence-electron chi connectivity index (χ1n) is 7.49. The number of rotatable bonds is 6. The number of nitrogens with one attached hydrogen (secondary N) is 1. The Labute approximate surface area is 144 Å². The van der Waals surface area contributed by atoms with Crippen molar-refractivity contribution in [3.8, 4) is 0 Å². The molecule has 6 nitrogen and oxygen atoms in total. The summed E-state index contributed by atoms with van der Waals surface area (Å²) in [7, 11) is 0. The van der Waals surface area contributed by atoms with Crippen molar-refractivity contribution >= 4 is 23.4 Å². The molecule has 122 valence electrons. The Balaban J connectivity index is 1.62. The van der Waals surface area contributed by atoms with E-state index in [1.165, 1.54) is 17.3 Å². The van der Waals surface area contributed by atoms with Gasteiger partial charge in [-0.15, -0.1) is 10.2 Å². The van der Waals surface area contributed by atoms with E-state index >= 15 is 0 Å². The maximum absolute atomic E-state index is 12.1. The third-order valence-corrected chi connectivity index (χ3v) is 4.35. The summed E-state index contributed by atoms with van der Waals surface area (Å²) in [6.07, 6.45) is 3.28. The van der Waals surface area contributed by atoms with Crippen molar-refractivity contribution in [1.82, 2.24) is 19.7 Å². The van der Waals surface area contributed by atoms with Crippen LogP contribution in [0.2, 0.25) is 0 Å². The number of aromatic nitrogens is 4. The molecule has 0 atom stereocenters. The number of anilines is 1. The topological polar surface area (TPSA) is 72.7 Å². The number of hydrogen-bond donors (Lipinski definition) is 1. The van der Waals surface area contributed by atoms with E-state index in [2.05, 4.69) is 32.6 Å². The van der Waals surface area contributed by atoms with Crippen molar-refractivity contribution in [2.75, 3.05) is 11.1 Å². The fourth-order valence-corrected chi connectivity index (χ4v) is 2.96. The normalized spacial score (nSPS) is 10.5. The zero-order valence-corrected chi connectivity index (χ0v) is 14.0. The molecular weight excluding hydrogens is 322 g/mol. The predicted molar refractivity (Wildman–Crippen MR) is 93.9 cm³/mol. The molecular formula is C17H17N5OS. The molecule has 0 aliphatic carbocycles. The number of amides is 1. The summed E-state index contributed by atoms with van der Waals surface area (Å²) in [6.45, 7) is 2.60. The Morgan fingerprint density at radius 1 is 1.12 bits per heavy atom. The van der Waals surface area contributed by atoms with E-state index in [1.54, 1.807) is 24.5 Å². The first-order chi connectivity index (χ1) is 11.7. The van der Waals surface area contributed by atoms with Gasteiger partial charge in [-0.1, -0.05) is 42.1 Å². The van der Waals surface area contributed by atoms with E-state index in [-0.39, 0.29) is 11.7 Å². The van der Waals surface area contributed by atoms with Crippen LogP contribution in [0.25, 0.3) is 0 Å². The van der Waals surface area contributed by atoms with E-state index in [0.717, 1.165) is 16.7 Å². The highest BCUT2D eigenvalue weighted by atomic mass is 32.2. The van der Waals surface area contributed by atoms with Gasteiger partial charge in [0.2, 0.25) is 5.91 Å². The highest BCUT2D eigenvalue weighted by Gasteiger charge is 2.12. The lowest BCUT2D eigenvalue weighted by Crippen LogP contribution is -2.14. The van der Waals surface area contributed by atoms with Crippen LogP contribution in [0.1, 0.15) is 11.4 Å². The van der Waals surface area contributed by atoms with Crippen LogP contribution in [0, 0.1) is 6.92 Å². The standard InChI is InChI=1S/C17H17N5OS/c1-13-20-21-17(22(13)11-14-5-3-2-4-6-14)24-12-16(23)19-15-7-9-18-10-8-15/h2-10H,11-12H2,1H3,(H,18,19,23). The minimum Gasteiger partial charge on any atom is -0.325 e. The number of benzene rings is 1. The monoisotopic (exact) mass is 339 g/mol. The van der Waals surface area contributed by atoms with Crippen molar-refractivity contribution in [2.45, 2.75) is 18.6 Å². The van der Waals surface area contributed by atoms with Crippen LogP contribution in [0.15, 0.2) is 60.0 Å². The summed E-state index contributed by atoms with van der Waals surface area (Å²) < 4.78 is 2.01. The van der Waals surface area contributed by atoms with E-state index in [0.29, 0.717) is 6.54 Å². The van der Waals surface area contributed by atoms with Gasteiger partial charge in [-0.25, -0.2) is 0 Å². The molecule has 2 aromatic heterocycles. The van der Waals surface area contributed by atoms with Gasteiger partial charge in [0.05, 0.1) is 12.3 Å². The molecule has 24 heavy (non-hydrogen) atoms. The Hall–Kier alpha value is -2.67. The minimum absolute atomic E-state index is 0.0851. The third-order valence-electron chi connectivity index (χ3n) is 3.38. The predicted octanol–water partition coefficient (Wildman–Crippen LogP) is 2.76. The molecule has 0 saturated carbocycles. The maximum Gasteiger partial charge on any atom is 0.234 e. The summed E-state index contributed by atoms with van der Waals surface area (Å²) in [6, 6.07) is 13.6. The average Bonchev–Trinajstić information content (AvgIpc) is 2.95.